The number of hydrogen-bond donors (Lipinski definition) is 6. The Balaban J connectivity index is 1.84. The Labute approximate surface area is 183 Å². The fraction of sp³-hybridized carbons (Fsp3) is 0.409. The van der Waals surface area contributed by atoms with E-state index in [2.05, 4.69) is 10.2 Å². The lowest BCUT2D eigenvalue weighted by molar-refractivity contribution is -0.154. The molecule has 5 atom stereocenters. The molecule has 10 heteroatoms. The standard InChI is InChI=1S/C22H24N4O6/c1-21(31)8-5-4-6-11(27)12(8)15-13-9(21)7-10-16(26(2)3)17(28)14(20(23)30)19(29)22(10,32)18(13)25-24-15/h4-6,9-10,16,27-28,31-32H,7H2,1-3H3,(H2,23,30)(H,24,25)/t9-,10-,16-,21+,22-/m0/s1. The van der Waals surface area contributed by atoms with E-state index in [1.165, 1.54) is 6.07 Å². The van der Waals surface area contributed by atoms with Gasteiger partial charge in [-0.15, -0.1) is 0 Å². The molecule has 7 N–H and O–H groups in total. The predicted molar refractivity (Wildman–Crippen MR) is 111 cm³/mol. The van der Waals surface area contributed by atoms with Crippen LogP contribution in [-0.2, 0) is 20.8 Å². The summed E-state index contributed by atoms with van der Waals surface area (Å²) in [4.78, 5) is 27.1. The predicted octanol–water partition coefficient (Wildman–Crippen LogP) is 0.105. The van der Waals surface area contributed by atoms with E-state index in [1.807, 2.05) is 0 Å². The summed E-state index contributed by atoms with van der Waals surface area (Å²) in [6, 6.07) is 3.88. The largest absolute Gasteiger partial charge is 0.510 e. The van der Waals surface area contributed by atoms with E-state index < -0.39 is 52.1 Å². The molecule has 3 aliphatic carbocycles. The number of primary amides is 1. The number of nitrogens with two attached hydrogens (primary N) is 1. The second-order valence-corrected chi connectivity index (χ2v) is 9.23. The smallest absolute Gasteiger partial charge is 0.255 e. The minimum Gasteiger partial charge on any atom is -0.510 e. The van der Waals surface area contributed by atoms with Gasteiger partial charge in [0, 0.05) is 17.4 Å². The van der Waals surface area contributed by atoms with Crippen molar-refractivity contribution < 1.29 is 30.0 Å². The maximum absolute atomic E-state index is 13.4. The molecule has 1 aromatic heterocycles. The molecular formula is C22H24N4O6. The summed E-state index contributed by atoms with van der Waals surface area (Å²) in [5.41, 5.74) is 2.59. The molecule has 0 saturated carbocycles. The summed E-state index contributed by atoms with van der Waals surface area (Å²) in [6.07, 6.45) is 0.100. The van der Waals surface area contributed by atoms with E-state index in [1.54, 1.807) is 38.1 Å². The molecular weight excluding hydrogens is 416 g/mol. The number of aromatic nitrogens is 2. The molecule has 168 valence electrons. The average Bonchev–Trinajstić information content (AvgIpc) is 3.13. The number of carbonyl (C=O) groups excluding carboxylic acids is 2. The number of phenolic OH excluding ortho intramolecular Hbond substituents is 1. The van der Waals surface area contributed by atoms with Crippen molar-refractivity contribution >= 4 is 11.7 Å². The first-order valence-electron chi connectivity index (χ1n) is 10.2. The van der Waals surface area contributed by atoms with E-state index in [-0.39, 0.29) is 17.9 Å². The molecule has 0 aliphatic heterocycles. The molecule has 0 fully saturated rings. The lowest BCUT2D eigenvalue weighted by Gasteiger charge is -2.52. The van der Waals surface area contributed by atoms with Gasteiger partial charge in [0.15, 0.2) is 5.60 Å². The Hall–Kier alpha value is -3.21. The van der Waals surface area contributed by atoms with Gasteiger partial charge >= 0.3 is 0 Å². The van der Waals surface area contributed by atoms with Crippen LogP contribution < -0.4 is 5.73 Å². The number of carbonyl (C=O) groups is 2. The minimum absolute atomic E-state index is 0.0334. The highest BCUT2D eigenvalue weighted by molar-refractivity contribution is 6.23. The number of nitrogens with one attached hydrogen (secondary N) is 1. The van der Waals surface area contributed by atoms with Gasteiger partial charge in [-0.25, -0.2) is 0 Å². The Bertz CT molecular complexity index is 1230. The van der Waals surface area contributed by atoms with Crippen molar-refractivity contribution in [3.63, 3.8) is 0 Å². The van der Waals surface area contributed by atoms with Gasteiger partial charge in [0.1, 0.15) is 22.8 Å². The Kier molecular flexibility index (Phi) is 4.00. The fourth-order valence-corrected chi connectivity index (χ4v) is 5.93. The molecule has 10 nitrogen and oxygen atoms in total. The number of aromatic hydroxyl groups is 1. The molecule has 0 bridgehead atoms. The minimum atomic E-state index is -2.24. The second-order valence-electron chi connectivity index (χ2n) is 9.23. The lowest BCUT2D eigenvalue weighted by Crippen LogP contribution is -2.61. The van der Waals surface area contributed by atoms with Gasteiger partial charge in [0.25, 0.3) is 5.91 Å². The number of aliphatic hydroxyl groups is 3. The molecule has 1 aromatic carbocycles. The number of phenols is 1. The zero-order valence-electron chi connectivity index (χ0n) is 17.7. The van der Waals surface area contributed by atoms with E-state index in [4.69, 9.17) is 5.73 Å². The van der Waals surface area contributed by atoms with Crippen molar-refractivity contribution in [1.82, 2.24) is 15.1 Å². The van der Waals surface area contributed by atoms with Crippen LogP contribution in [0.1, 0.15) is 36.1 Å². The van der Waals surface area contributed by atoms with Gasteiger partial charge in [-0.05, 0) is 39.1 Å². The fourth-order valence-electron chi connectivity index (χ4n) is 5.93. The molecule has 1 amide bonds. The molecule has 5 rings (SSSR count). The first-order valence-corrected chi connectivity index (χ1v) is 10.2. The van der Waals surface area contributed by atoms with Gasteiger partial charge in [-0.3, -0.25) is 19.6 Å². The Morgan fingerprint density at radius 2 is 1.97 bits per heavy atom. The Morgan fingerprint density at radius 1 is 1.28 bits per heavy atom. The molecule has 32 heavy (non-hydrogen) atoms. The zero-order valence-corrected chi connectivity index (χ0v) is 17.7. The van der Waals surface area contributed by atoms with E-state index >= 15 is 0 Å². The summed E-state index contributed by atoms with van der Waals surface area (Å²) < 4.78 is 0. The van der Waals surface area contributed by atoms with Crippen LogP contribution in [0.4, 0.5) is 0 Å². The molecule has 3 aliphatic rings. The molecule has 0 unspecified atom stereocenters. The highest BCUT2D eigenvalue weighted by Gasteiger charge is 2.64. The van der Waals surface area contributed by atoms with Gasteiger partial charge in [-0.2, -0.15) is 5.10 Å². The summed E-state index contributed by atoms with van der Waals surface area (Å²) >= 11 is 0. The van der Waals surface area contributed by atoms with Gasteiger partial charge in [0.05, 0.1) is 22.9 Å². The van der Waals surface area contributed by atoms with Crippen molar-refractivity contribution in [2.75, 3.05) is 14.1 Å². The number of aliphatic hydroxyl groups excluding tert-OH is 1. The van der Waals surface area contributed by atoms with Crippen molar-refractivity contribution in [3.05, 3.63) is 46.4 Å². The molecule has 0 saturated heterocycles. The quantitative estimate of drug-likeness (QED) is 0.357. The van der Waals surface area contributed by atoms with Crippen LogP contribution in [0, 0.1) is 5.92 Å². The number of fused-ring (bicyclic) bond motifs is 4. The maximum Gasteiger partial charge on any atom is 0.255 e. The van der Waals surface area contributed by atoms with E-state index in [9.17, 15) is 30.0 Å². The van der Waals surface area contributed by atoms with Crippen molar-refractivity contribution in [2.24, 2.45) is 11.7 Å². The van der Waals surface area contributed by atoms with Crippen LogP contribution in [0.15, 0.2) is 29.5 Å². The monoisotopic (exact) mass is 440 g/mol. The number of Topliss-reactive ketones (excluding diaryl/α,β-unsaturated/α-hetero) is 1. The number of ketones is 1. The van der Waals surface area contributed by atoms with Crippen molar-refractivity contribution in [2.45, 2.75) is 36.5 Å². The molecule has 0 radical (unpaired) electrons. The number of hydrogen-bond acceptors (Lipinski definition) is 8. The summed E-state index contributed by atoms with van der Waals surface area (Å²) in [5, 5.41) is 51.9. The number of nitrogens with zero attached hydrogens (tertiary/aromatic N) is 2. The number of benzene rings is 1. The van der Waals surface area contributed by atoms with E-state index in [0.29, 0.717) is 22.4 Å². The number of likely N-dealkylation sites (N-methyl/N-ethyl adjacent to an activating group) is 1. The number of aromatic amines is 1. The number of amides is 1. The topological polar surface area (TPSA) is 173 Å². The summed E-state index contributed by atoms with van der Waals surface area (Å²) in [5.74, 6) is -4.27. The first kappa shape index (κ1) is 20.7. The van der Waals surface area contributed by atoms with Crippen LogP contribution in [-0.4, -0.2) is 67.4 Å². The first-order chi connectivity index (χ1) is 14.9. The highest BCUT2D eigenvalue weighted by atomic mass is 16.3. The van der Waals surface area contributed by atoms with Crippen LogP contribution in [0.3, 0.4) is 0 Å². The van der Waals surface area contributed by atoms with Crippen molar-refractivity contribution in [1.29, 1.82) is 0 Å². The van der Waals surface area contributed by atoms with Gasteiger partial charge in [-0.1, -0.05) is 12.1 Å². The SMILES string of the molecule is CN(C)[C@@H]1C(O)=C(C(N)=O)C(=O)[C@@]2(O)c3[nH]nc4c3[C@H](C[C@@H]12)[C@](C)(O)c1cccc(O)c1-4. The van der Waals surface area contributed by atoms with Crippen molar-refractivity contribution in [3.8, 4) is 17.0 Å². The summed E-state index contributed by atoms with van der Waals surface area (Å²) in [7, 11) is 3.30. The summed E-state index contributed by atoms with van der Waals surface area (Å²) in [6.45, 7) is 1.61. The molecule has 0 spiro atoms. The highest BCUT2D eigenvalue weighted by Crippen LogP contribution is 2.61. The third-order valence-corrected chi connectivity index (χ3v) is 7.36. The van der Waals surface area contributed by atoms with Crippen LogP contribution >= 0.6 is 0 Å². The lowest BCUT2D eigenvalue weighted by atomic mass is 9.56. The normalized spacial score (nSPS) is 33.1. The third-order valence-electron chi connectivity index (χ3n) is 7.36. The molecule has 1 heterocycles. The van der Waals surface area contributed by atoms with Gasteiger partial charge in [0.2, 0.25) is 5.78 Å². The average molecular weight is 440 g/mol. The van der Waals surface area contributed by atoms with Crippen LogP contribution in [0.2, 0.25) is 0 Å². The third kappa shape index (κ3) is 2.21. The number of rotatable bonds is 2. The second kappa shape index (κ2) is 6.18. The maximum atomic E-state index is 13.4. The number of H-pyrrole nitrogens is 1. The van der Waals surface area contributed by atoms with Crippen LogP contribution in [0.25, 0.3) is 11.3 Å². The van der Waals surface area contributed by atoms with Gasteiger partial charge < -0.3 is 26.2 Å². The Morgan fingerprint density at radius 3 is 2.59 bits per heavy atom. The molecule has 2 aromatic rings. The zero-order chi connectivity index (χ0) is 23.3. The van der Waals surface area contributed by atoms with E-state index in [0.717, 1.165) is 0 Å². The van der Waals surface area contributed by atoms with Crippen LogP contribution in [0.5, 0.6) is 5.75 Å².